The maximum atomic E-state index is 12.6. The second-order valence-corrected chi connectivity index (χ2v) is 9.24. The lowest BCUT2D eigenvalue weighted by Gasteiger charge is -2.37. The first-order valence-electron chi connectivity index (χ1n) is 11.7. The Morgan fingerprint density at radius 3 is 2.25 bits per heavy atom. The Kier molecular flexibility index (Phi) is 7.01. The summed E-state index contributed by atoms with van der Waals surface area (Å²) in [5.74, 6) is 0.0477. The van der Waals surface area contributed by atoms with Crippen molar-refractivity contribution >= 4 is 23.0 Å². The number of amides is 1. The Morgan fingerprint density at radius 1 is 0.938 bits per heavy atom. The Morgan fingerprint density at radius 2 is 1.59 bits per heavy atom. The third-order valence-electron chi connectivity index (χ3n) is 6.59. The maximum absolute atomic E-state index is 12.6. The largest absolute Gasteiger partial charge is 0.372 e. The number of anilines is 3. The quantitative estimate of drug-likeness (QED) is 0.775. The second kappa shape index (κ2) is 9.92. The number of carbonyl (C=O) groups is 1. The molecular weight excluding hydrogens is 400 g/mol. The van der Waals surface area contributed by atoms with Gasteiger partial charge in [0.25, 0.3) is 0 Å². The van der Waals surface area contributed by atoms with Gasteiger partial charge in [-0.25, -0.2) is 0 Å². The van der Waals surface area contributed by atoms with Crippen LogP contribution in [0.3, 0.4) is 0 Å². The standard InChI is InChI=1S/C26H36N4O2/c1-19-6-5-7-25(22(19)4)29-14-12-28(13-15-29)18-26(31)27-23-8-10-24(11-9-23)30-16-20(2)32-21(3)17-30/h5-11,20-21H,12-18H2,1-4H3,(H,27,31). The normalized spacial score (nSPS) is 22.1. The molecule has 32 heavy (non-hydrogen) atoms. The van der Waals surface area contributed by atoms with Crippen LogP contribution in [0.2, 0.25) is 0 Å². The molecule has 0 saturated carbocycles. The lowest BCUT2D eigenvalue weighted by molar-refractivity contribution is -0.117. The molecule has 172 valence electrons. The van der Waals surface area contributed by atoms with E-state index in [2.05, 4.69) is 78.0 Å². The van der Waals surface area contributed by atoms with Crippen molar-refractivity contribution in [2.75, 3.05) is 60.9 Å². The van der Waals surface area contributed by atoms with Gasteiger partial charge in [0.05, 0.1) is 18.8 Å². The van der Waals surface area contributed by atoms with E-state index in [1.54, 1.807) is 0 Å². The SMILES string of the molecule is Cc1cccc(N2CCN(CC(=O)Nc3ccc(N4CC(C)OC(C)C4)cc3)CC2)c1C. The van der Waals surface area contributed by atoms with Gasteiger partial charge in [0.1, 0.15) is 0 Å². The number of morpholine rings is 1. The highest BCUT2D eigenvalue weighted by atomic mass is 16.5. The van der Waals surface area contributed by atoms with Crippen molar-refractivity contribution in [1.82, 2.24) is 4.90 Å². The van der Waals surface area contributed by atoms with Crippen molar-refractivity contribution in [2.45, 2.75) is 39.9 Å². The molecule has 0 radical (unpaired) electrons. The molecule has 0 aliphatic carbocycles. The molecule has 6 nitrogen and oxygen atoms in total. The lowest BCUT2D eigenvalue weighted by atomic mass is 10.1. The minimum absolute atomic E-state index is 0.0477. The van der Waals surface area contributed by atoms with Crippen LogP contribution >= 0.6 is 0 Å². The van der Waals surface area contributed by atoms with Crippen LogP contribution in [0, 0.1) is 13.8 Å². The van der Waals surface area contributed by atoms with Crippen molar-refractivity contribution in [3.63, 3.8) is 0 Å². The van der Waals surface area contributed by atoms with E-state index in [0.717, 1.165) is 45.0 Å². The summed E-state index contributed by atoms with van der Waals surface area (Å²) in [7, 11) is 0. The topological polar surface area (TPSA) is 48.0 Å². The van der Waals surface area contributed by atoms with E-state index in [1.165, 1.54) is 22.5 Å². The summed E-state index contributed by atoms with van der Waals surface area (Å²) in [4.78, 5) is 19.6. The van der Waals surface area contributed by atoms with E-state index in [0.29, 0.717) is 6.54 Å². The average Bonchev–Trinajstić information content (AvgIpc) is 2.76. The predicted octanol–water partition coefficient (Wildman–Crippen LogP) is 3.68. The molecule has 2 saturated heterocycles. The van der Waals surface area contributed by atoms with Crippen molar-refractivity contribution in [2.24, 2.45) is 0 Å². The van der Waals surface area contributed by atoms with Gasteiger partial charge in [0.2, 0.25) is 5.91 Å². The maximum Gasteiger partial charge on any atom is 0.238 e. The van der Waals surface area contributed by atoms with Crippen molar-refractivity contribution in [3.05, 3.63) is 53.6 Å². The van der Waals surface area contributed by atoms with E-state index in [1.807, 2.05) is 12.1 Å². The fraction of sp³-hybridized carbons (Fsp3) is 0.500. The summed E-state index contributed by atoms with van der Waals surface area (Å²) >= 11 is 0. The van der Waals surface area contributed by atoms with E-state index in [9.17, 15) is 4.79 Å². The van der Waals surface area contributed by atoms with Crippen LogP contribution in [-0.4, -0.2) is 68.8 Å². The Bertz CT molecular complexity index is 912. The van der Waals surface area contributed by atoms with Crippen LogP contribution in [0.15, 0.2) is 42.5 Å². The molecule has 0 spiro atoms. The number of rotatable bonds is 5. The molecule has 0 aromatic heterocycles. The molecule has 2 fully saturated rings. The smallest absolute Gasteiger partial charge is 0.238 e. The Balaban J connectivity index is 1.26. The minimum Gasteiger partial charge on any atom is -0.372 e. The fourth-order valence-corrected chi connectivity index (χ4v) is 4.77. The van der Waals surface area contributed by atoms with Gasteiger partial charge in [-0.2, -0.15) is 0 Å². The number of benzene rings is 2. The molecule has 2 aromatic rings. The molecule has 1 amide bonds. The third kappa shape index (κ3) is 5.43. The number of carbonyl (C=O) groups excluding carboxylic acids is 1. The van der Waals surface area contributed by atoms with Crippen molar-refractivity contribution in [3.8, 4) is 0 Å². The first kappa shape index (κ1) is 22.6. The van der Waals surface area contributed by atoms with Gasteiger partial charge in [-0.05, 0) is 69.2 Å². The van der Waals surface area contributed by atoms with Crippen LogP contribution in [0.1, 0.15) is 25.0 Å². The molecule has 6 heteroatoms. The Hall–Kier alpha value is -2.57. The number of piperazine rings is 1. The van der Waals surface area contributed by atoms with E-state index in [-0.39, 0.29) is 18.1 Å². The number of ether oxygens (including phenoxy) is 1. The minimum atomic E-state index is 0.0477. The molecular formula is C26H36N4O2. The first-order valence-corrected chi connectivity index (χ1v) is 11.7. The van der Waals surface area contributed by atoms with Gasteiger partial charge in [0.15, 0.2) is 0 Å². The number of nitrogens with zero attached hydrogens (tertiary/aromatic N) is 3. The summed E-state index contributed by atoms with van der Waals surface area (Å²) in [6.45, 7) is 14.5. The molecule has 2 aliphatic rings. The van der Waals surface area contributed by atoms with Crippen LogP contribution in [-0.2, 0) is 9.53 Å². The van der Waals surface area contributed by atoms with E-state index >= 15 is 0 Å². The summed E-state index contributed by atoms with van der Waals surface area (Å²) < 4.78 is 5.82. The zero-order chi connectivity index (χ0) is 22.7. The first-order chi connectivity index (χ1) is 15.4. The summed E-state index contributed by atoms with van der Waals surface area (Å²) in [5, 5.41) is 3.06. The molecule has 4 rings (SSSR count). The average molecular weight is 437 g/mol. The molecule has 2 aliphatic heterocycles. The van der Waals surface area contributed by atoms with E-state index in [4.69, 9.17) is 4.74 Å². The highest BCUT2D eigenvalue weighted by molar-refractivity contribution is 5.92. The molecule has 1 N–H and O–H groups in total. The second-order valence-electron chi connectivity index (χ2n) is 9.24. The van der Waals surface area contributed by atoms with Gasteiger partial charge in [0, 0.05) is 56.3 Å². The number of hydrogen-bond acceptors (Lipinski definition) is 5. The lowest BCUT2D eigenvalue weighted by Crippen LogP contribution is -2.48. The summed E-state index contributed by atoms with van der Waals surface area (Å²) in [5.41, 5.74) is 6.02. The molecule has 0 bridgehead atoms. The molecule has 2 unspecified atom stereocenters. The van der Waals surface area contributed by atoms with Gasteiger partial charge in [-0.1, -0.05) is 12.1 Å². The van der Waals surface area contributed by atoms with Gasteiger partial charge >= 0.3 is 0 Å². The van der Waals surface area contributed by atoms with Crippen LogP contribution in [0.5, 0.6) is 0 Å². The highest BCUT2D eigenvalue weighted by Gasteiger charge is 2.23. The number of nitrogens with one attached hydrogen (secondary N) is 1. The third-order valence-corrected chi connectivity index (χ3v) is 6.59. The van der Waals surface area contributed by atoms with Crippen LogP contribution in [0.25, 0.3) is 0 Å². The monoisotopic (exact) mass is 436 g/mol. The molecule has 2 aromatic carbocycles. The highest BCUT2D eigenvalue weighted by Crippen LogP contribution is 2.24. The van der Waals surface area contributed by atoms with Crippen molar-refractivity contribution in [1.29, 1.82) is 0 Å². The number of hydrogen-bond donors (Lipinski definition) is 1. The zero-order valence-corrected chi connectivity index (χ0v) is 19.8. The number of aryl methyl sites for hydroxylation is 1. The summed E-state index contributed by atoms with van der Waals surface area (Å²) in [6, 6.07) is 14.7. The van der Waals surface area contributed by atoms with E-state index < -0.39 is 0 Å². The van der Waals surface area contributed by atoms with Crippen LogP contribution in [0.4, 0.5) is 17.1 Å². The van der Waals surface area contributed by atoms with Gasteiger partial charge < -0.3 is 19.9 Å². The van der Waals surface area contributed by atoms with Crippen molar-refractivity contribution < 1.29 is 9.53 Å². The van der Waals surface area contributed by atoms with Gasteiger partial charge in [-0.3, -0.25) is 9.69 Å². The zero-order valence-electron chi connectivity index (χ0n) is 19.8. The molecule has 2 heterocycles. The Labute approximate surface area is 192 Å². The van der Waals surface area contributed by atoms with Gasteiger partial charge in [-0.15, -0.1) is 0 Å². The fourth-order valence-electron chi connectivity index (χ4n) is 4.77. The molecule has 2 atom stereocenters. The van der Waals surface area contributed by atoms with Crippen LogP contribution < -0.4 is 15.1 Å². The summed E-state index contributed by atoms with van der Waals surface area (Å²) in [6.07, 6.45) is 0.460. The predicted molar refractivity (Wildman–Crippen MR) is 132 cm³/mol.